The second-order valence-electron chi connectivity index (χ2n) is 7.36. The standard InChI is InChI=1S/C24H19F3N6OS/c1-17-8-5-6-13-21(17)33-23(29-30-31-33)35-16-22(34)32(28-15-18-9-3-2-4-10-18)20-12-7-11-19(14-20)24(25,26)27/h2-15H,16H2,1H3/b28-15+. The normalized spacial score (nSPS) is 11.7. The molecule has 0 saturated heterocycles. The second-order valence-corrected chi connectivity index (χ2v) is 8.30. The first-order chi connectivity index (χ1) is 16.8. The number of benzene rings is 3. The fourth-order valence-electron chi connectivity index (χ4n) is 3.16. The van der Waals surface area contributed by atoms with E-state index in [2.05, 4.69) is 20.6 Å². The number of nitrogens with zero attached hydrogens (tertiary/aromatic N) is 6. The molecule has 4 aromatic rings. The fourth-order valence-corrected chi connectivity index (χ4v) is 3.89. The number of amides is 1. The zero-order chi connectivity index (χ0) is 24.8. The Kier molecular flexibility index (Phi) is 7.25. The molecule has 1 heterocycles. The van der Waals surface area contributed by atoms with Crippen LogP contribution in [0.3, 0.4) is 0 Å². The Morgan fingerprint density at radius 1 is 1.06 bits per heavy atom. The summed E-state index contributed by atoms with van der Waals surface area (Å²) in [6.45, 7) is 1.91. The van der Waals surface area contributed by atoms with E-state index in [4.69, 9.17) is 0 Å². The number of carbonyl (C=O) groups excluding carboxylic acids is 1. The number of anilines is 1. The fraction of sp³-hybridized carbons (Fsp3) is 0.125. The molecule has 0 aliphatic heterocycles. The zero-order valence-electron chi connectivity index (χ0n) is 18.4. The number of hydrazone groups is 1. The van der Waals surface area contributed by atoms with Crippen molar-refractivity contribution < 1.29 is 18.0 Å². The third-order valence-corrected chi connectivity index (χ3v) is 5.79. The molecule has 1 amide bonds. The van der Waals surface area contributed by atoms with Crippen LogP contribution in [0.5, 0.6) is 0 Å². The van der Waals surface area contributed by atoms with Crippen LogP contribution in [0.4, 0.5) is 18.9 Å². The quantitative estimate of drug-likeness (QED) is 0.201. The molecule has 3 aromatic carbocycles. The summed E-state index contributed by atoms with van der Waals surface area (Å²) < 4.78 is 41.4. The van der Waals surface area contributed by atoms with Gasteiger partial charge in [0.15, 0.2) is 0 Å². The van der Waals surface area contributed by atoms with Gasteiger partial charge in [0.05, 0.1) is 28.9 Å². The van der Waals surface area contributed by atoms with E-state index in [0.717, 1.165) is 40.2 Å². The third kappa shape index (κ3) is 5.93. The Labute approximate surface area is 203 Å². The van der Waals surface area contributed by atoms with Crippen molar-refractivity contribution in [3.05, 3.63) is 95.6 Å². The summed E-state index contributed by atoms with van der Waals surface area (Å²) in [5, 5.41) is 17.2. The summed E-state index contributed by atoms with van der Waals surface area (Å²) in [7, 11) is 0. The monoisotopic (exact) mass is 496 g/mol. The minimum Gasteiger partial charge on any atom is -0.272 e. The zero-order valence-corrected chi connectivity index (χ0v) is 19.2. The Morgan fingerprint density at radius 2 is 1.80 bits per heavy atom. The number of halogens is 3. The van der Waals surface area contributed by atoms with Gasteiger partial charge in [-0.15, -0.1) is 5.10 Å². The van der Waals surface area contributed by atoms with Gasteiger partial charge in [-0.25, -0.2) is 5.01 Å². The van der Waals surface area contributed by atoms with Crippen LogP contribution in [0.2, 0.25) is 0 Å². The van der Waals surface area contributed by atoms with Crippen LogP contribution in [0, 0.1) is 6.92 Å². The van der Waals surface area contributed by atoms with Gasteiger partial charge in [0.25, 0.3) is 5.91 Å². The van der Waals surface area contributed by atoms with Gasteiger partial charge in [0.1, 0.15) is 0 Å². The molecule has 0 spiro atoms. The van der Waals surface area contributed by atoms with Crippen molar-refractivity contribution in [3.8, 4) is 5.69 Å². The lowest BCUT2D eigenvalue weighted by atomic mass is 10.2. The van der Waals surface area contributed by atoms with Gasteiger partial charge in [-0.05, 0) is 52.7 Å². The molecular weight excluding hydrogens is 477 g/mol. The number of tetrazole rings is 1. The van der Waals surface area contributed by atoms with Crippen LogP contribution >= 0.6 is 11.8 Å². The smallest absolute Gasteiger partial charge is 0.272 e. The van der Waals surface area contributed by atoms with E-state index in [1.807, 2.05) is 37.3 Å². The topological polar surface area (TPSA) is 76.3 Å². The van der Waals surface area contributed by atoms with E-state index in [-0.39, 0.29) is 11.4 Å². The highest BCUT2D eigenvalue weighted by Gasteiger charge is 2.31. The summed E-state index contributed by atoms with van der Waals surface area (Å²) in [5.74, 6) is -0.699. The summed E-state index contributed by atoms with van der Waals surface area (Å²) in [4.78, 5) is 13.2. The van der Waals surface area contributed by atoms with Gasteiger partial charge >= 0.3 is 6.18 Å². The van der Waals surface area contributed by atoms with E-state index in [1.54, 1.807) is 24.3 Å². The van der Waals surface area contributed by atoms with Crippen molar-refractivity contribution in [3.63, 3.8) is 0 Å². The van der Waals surface area contributed by atoms with Crippen molar-refractivity contribution >= 4 is 29.6 Å². The number of hydrogen-bond acceptors (Lipinski definition) is 6. The van der Waals surface area contributed by atoms with Crippen molar-refractivity contribution in [2.45, 2.75) is 18.3 Å². The van der Waals surface area contributed by atoms with E-state index in [0.29, 0.717) is 10.7 Å². The maximum absolute atomic E-state index is 13.3. The molecule has 4 rings (SSSR count). The number of aryl methyl sites for hydroxylation is 1. The van der Waals surface area contributed by atoms with Crippen LogP contribution in [0.1, 0.15) is 16.7 Å². The number of carbonyl (C=O) groups is 1. The number of rotatable bonds is 7. The first-order valence-electron chi connectivity index (χ1n) is 10.4. The minimum atomic E-state index is -4.56. The molecule has 1 aromatic heterocycles. The number of alkyl halides is 3. The van der Waals surface area contributed by atoms with E-state index in [1.165, 1.54) is 23.0 Å². The molecule has 0 saturated carbocycles. The molecule has 0 N–H and O–H groups in total. The second kappa shape index (κ2) is 10.5. The van der Waals surface area contributed by atoms with Crippen LogP contribution in [0.15, 0.2) is 89.1 Å². The minimum absolute atomic E-state index is 0.00361. The summed E-state index contributed by atoms with van der Waals surface area (Å²) in [5.41, 5.74) is 1.50. The Bertz CT molecular complexity index is 1340. The number of thioether (sulfide) groups is 1. The third-order valence-electron chi connectivity index (χ3n) is 4.89. The molecule has 35 heavy (non-hydrogen) atoms. The van der Waals surface area contributed by atoms with Crippen molar-refractivity contribution in [1.82, 2.24) is 20.2 Å². The largest absolute Gasteiger partial charge is 0.416 e. The Hall–Kier alpha value is -3.99. The Balaban J connectivity index is 1.60. The van der Waals surface area contributed by atoms with Crippen molar-refractivity contribution in [2.75, 3.05) is 10.8 Å². The molecule has 0 bridgehead atoms. The van der Waals surface area contributed by atoms with Crippen molar-refractivity contribution in [1.29, 1.82) is 0 Å². The molecule has 0 aliphatic rings. The number of aromatic nitrogens is 4. The van der Waals surface area contributed by atoms with Crippen molar-refractivity contribution in [2.24, 2.45) is 5.10 Å². The number of hydrogen-bond donors (Lipinski definition) is 0. The molecule has 178 valence electrons. The highest BCUT2D eigenvalue weighted by molar-refractivity contribution is 7.99. The summed E-state index contributed by atoms with van der Waals surface area (Å²) >= 11 is 1.06. The summed E-state index contributed by atoms with van der Waals surface area (Å²) in [6.07, 6.45) is -3.14. The van der Waals surface area contributed by atoms with Crippen LogP contribution < -0.4 is 5.01 Å². The first-order valence-corrected chi connectivity index (χ1v) is 11.4. The highest BCUT2D eigenvalue weighted by atomic mass is 32.2. The van der Waals surface area contributed by atoms with Gasteiger partial charge < -0.3 is 0 Å². The lowest BCUT2D eigenvalue weighted by Crippen LogP contribution is -2.28. The molecule has 7 nitrogen and oxygen atoms in total. The maximum atomic E-state index is 13.3. The predicted octanol–water partition coefficient (Wildman–Crippen LogP) is 5.15. The lowest BCUT2D eigenvalue weighted by molar-refractivity contribution is -0.137. The maximum Gasteiger partial charge on any atom is 0.416 e. The predicted molar refractivity (Wildman–Crippen MR) is 128 cm³/mol. The molecule has 0 atom stereocenters. The molecule has 0 aliphatic carbocycles. The van der Waals surface area contributed by atoms with Gasteiger partial charge in [-0.3, -0.25) is 4.79 Å². The van der Waals surface area contributed by atoms with E-state index >= 15 is 0 Å². The molecular formula is C24H19F3N6OS. The molecule has 11 heteroatoms. The van der Waals surface area contributed by atoms with Crippen LogP contribution in [-0.2, 0) is 11.0 Å². The molecule has 0 radical (unpaired) electrons. The lowest BCUT2D eigenvalue weighted by Gasteiger charge is -2.18. The first kappa shape index (κ1) is 24.1. The average molecular weight is 497 g/mol. The van der Waals surface area contributed by atoms with Crippen LogP contribution in [-0.4, -0.2) is 38.1 Å². The Morgan fingerprint density at radius 3 is 2.54 bits per heavy atom. The highest BCUT2D eigenvalue weighted by Crippen LogP contribution is 2.32. The molecule has 0 fully saturated rings. The molecule has 0 unspecified atom stereocenters. The van der Waals surface area contributed by atoms with Gasteiger partial charge in [-0.1, -0.05) is 66.4 Å². The van der Waals surface area contributed by atoms with E-state index < -0.39 is 17.6 Å². The SMILES string of the molecule is Cc1ccccc1-n1nnnc1SCC(=O)N(/N=C/c1ccccc1)c1cccc(C(F)(F)F)c1. The van der Waals surface area contributed by atoms with E-state index in [9.17, 15) is 18.0 Å². The van der Waals surface area contributed by atoms with Gasteiger partial charge in [0, 0.05) is 0 Å². The number of para-hydroxylation sites is 1. The van der Waals surface area contributed by atoms with Gasteiger partial charge in [-0.2, -0.15) is 23.0 Å². The van der Waals surface area contributed by atoms with Gasteiger partial charge in [0.2, 0.25) is 5.16 Å². The van der Waals surface area contributed by atoms with Crippen LogP contribution in [0.25, 0.3) is 5.69 Å². The average Bonchev–Trinajstić information content (AvgIpc) is 3.32. The summed E-state index contributed by atoms with van der Waals surface area (Å²) in [6, 6.07) is 20.9.